The predicted octanol–water partition coefficient (Wildman–Crippen LogP) is 8.06. The highest BCUT2D eigenvalue weighted by molar-refractivity contribution is 9.10. The summed E-state index contributed by atoms with van der Waals surface area (Å²) in [6.45, 7) is 3.35. The van der Waals surface area contributed by atoms with Crippen LogP contribution in [-0.4, -0.2) is 4.57 Å². The molecule has 3 heteroatoms. The van der Waals surface area contributed by atoms with Gasteiger partial charge in [-0.05, 0) is 30.7 Å². The second-order valence-corrected chi connectivity index (χ2v) is 8.69. The van der Waals surface area contributed by atoms with Crippen LogP contribution in [0.4, 0.5) is 5.69 Å². The normalized spacial score (nSPS) is 11.6. The van der Waals surface area contributed by atoms with Crippen LogP contribution in [0.2, 0.25) is 0 Å². The van der Waals surface area contributed by atoms with E-state index in [0.717, 1.165) is 16.7 Å². The maximum Gasteiger partial charge on any atom is 0.0512 e. The third kappa shape index (κ3) is 5.28. The summed E-state index contributed by atoms with van der Waals surface area (Å²) < 4.78 is 3.59. The molecule has 1 aromatic heterocycles. The van der Waals surface area contributed by atoms with Gasteiger partial charge in [-0.1, -0.05) is 92.8 Å². The first-order valence-electron chi connectivity index (χ1n) is 10.7. The maximum atomic E-state index is 6.08. The molecule has 0 bridgehead atoms. The minimum absolute atomic E-state index is 0.841. The minimum atomic E-state index is 0.841. The molecule has 3 aromatic rings. The molecule has 146 valence electrons. The lowest BCUT2D eigenvalue weighted by atomic mass is 10.1. The van der Waals surface area contributed by atoms with Crippen LogP contribution in [-0.2, 0) is 6.54 Å². The summed E-state index contributed by atoms with van der Waals surface area (Å²) >= 11 is 3.63. The number of nitrogen functional groups attached to an aromatic ring is 1. The van der Waals surface area contributed by atoms with Gasteiger partial charge in [0.05, 0.1) is 11.0 Å². The van der Waals surface area contributed by atoms with E-state index in [1.807, 2.05) is 6.07 Å². The van der Waals surface area contributed by atoms with E-state index in [4.69, 9.17) is 5.73 Å². The van der Waals surface area contributed by atoms with E-state index >= 15 is 0 Å². The summed E-state index contributed by atoms with van der Waals surface area (Å²) in [5, 5.41) is 2.62. The number of fused-ring (bicyclic) bond motifs is 3. The van der Waals surface area contributed by atoms with Crippen molar-refractivity contribution < 1.29 is 0 Å². The fraction of sp³-hybridized carbons (Fsp3) is 0.500. The number of nitrogens with zero attached hydrogens (tertiary/aromatic N) is 1. The molecule has 0 aliphatic rings. The molecule has 2 aromatic carbocycles. The van der Waals surface area contributed by atoms with E-state index in [1.165, 1.54) is 86.0 Å². The average molecular weight is 429 g/mol. The Morgan fingerprint density at radius 3 is 1.96 bits per heavy atom. The summed E-state index contributed by atoms with van der Waals surface area (Å²) in [5.41, 5.74) is 9.49. The molecule has 2 N–H and O–H groups in total. The molecule has 0 radical (unpaired) electrons. The van der Waals surface area contributed by atoms with Gasteiger partial charge in [-0.3, -0.25) is 0 Å². The van der Waals surface area contributed by atoms with Crippen LogP contribution >= 0.6 is 15.9 Å². The highest BCUT2D eigenvalue weighted by Crippen LogP contribution is 2.32. The van der Waals surface area contributed by atoms with E-state index in [-0.39, 0.29) is 0 Å². The molecule has 0 spiro atoms. The number of anilines is 1. The Kier molecular flexibility index (Phi) is 7.63. The molecule has 0 aliphatic heterocycles. The topological polar surface area (TPSA) is 30.9 Å². The number of benzene rings is 2. The summed E-state index contributed by atoms with van der Waals surface area (Å²) in [6.07, 6.45) is 13.7. The molecule has 3 rings (SSSR count). The Labute approximate surface area is 172 Å². The van der Waals surface area contributed by atoms with Crippen LogP contribution in [0.1, 0.15) is 71.1 Å². The molecule has 0 unspecified atom stereocenters. The number of hydrogen-bond acceptors (Lipinski definition) is 1. The standard InChI is InChI=1S/C24H33BrN2/c1-2-3-4-5-6-7-8-9-10-11-16-27-23-17-19(25)12-14-21(23)22-15-13-20(26)18-24(22)27/h12-15,17-18H,2-11,16,26H2,1H3. The lowest BCUT2D eigenvalue weighted by molar-refractivity contribution is 0.541. The van der Waals surface area contributed by atoms with Gasteiger partial charge in [-0.25, -0.2) is 0 Å². The number of aryl methyl sites for hydroxylation is 1. The minimum Gasteiger partial charge on any atom is -0.399 e. The molecule has 0 amide bonds. The highest BCUT2D eigenvalue weighted by atomic mass is 79.9. The Bertz CT molecular complexity index is 806. The van der Waals surface area contributed by atoms with E-state index in [0.29, 0.717) is 0 Å². The molecule has 1 heterocycles. The van der Waals surface area contributed by atoms with Crippen molar-refractivity contribution in [1.29, 1.82) is 0 Å². The van der Waals surface area contributed by atoms with Gasteiger partial charge in [0, 0.05) is 27.5 Å². The zero-order chi connectivity index (χ0) is 19.1. The number of halogens is 1. The van der Waals surface area contributed by atoms with Crippen molar-refractivity contribution in [3.05, 3.63) is 40.9 Å². The van der Waals surface area contributed by atoms with E-state index < -0.39 is 0 Å². The van der Waals surface area contributed by atoms with E-state index in [2.05, 4.69) is 57.8 Å². The molecule has 0 saturated carbocycles. The maximum absolute atomic E-state index is 6.08. The number of rotatable bonds is 11. The zero-order valence-corrected chi connectivity index (χ0v) is 18.2. The van der Waals surface area contributed by atoms with Crippen molar-refractivity contribution in [2.75, 3.05) is 5.73 Å². The van der Waals surface area contributed by atoms with Gasteiger partial charge >= 0.3 is 0 Å². The Morgan fingerprint density at radius 2 is 1.30 bits per heavy atom. The lowest BCUT2D eigenvalue weighted by Gasteiger charge is -2.08. The van der Waals surface area contributed by atoms with Crippen molar-refractivity contribution in [3.63, 3.8) is 0 Å². The Hall–Kier alpha value is -1.48. The average Bonchev–Trinajstić information content (AvgIpc) is 2.95. The fourth-order valence-corrected chi connectivity index (χ4v) is 4.43. The largest absolute Gasteiger partial charge is 0.399 e. The monoisotopic (exact) mass is 428 g/mol. The van der Waals surface area contributed by atoms with Crippen LogP contribution in [0.25, 0.3) is 21.8 Å². The molecular formula is C24H33BrN2. The summed E-state index contributed by atoms with van der Waals surface area (Å²) in [4.78, 5) is 0. The van der Waals surface area contributed by atoms with Gasteiger partial charge in [-0.2, -0.15) is 0 Å². The van der Waals surface area contributed by atoms with Gasteiger partial charge in [0.15, 0.2) is 0 Å². The third-order valence-electron chi connectivity index (χ3n) is 5.59. The summed E-state index contributed by atoms with van der Waals surface area (Å²) in [6, 6.07) is 12.9. The Balaban J connectivity index is 1.56. The highest BCUT2D eigenvalue weighted by Gasteiger charge is 2.11. The number of nitrogens with two attached hydrogens (primary N) is 1. The van der Waals surface area contributed by atoms with Crippen molar-refractivity contribution >= 4 is 43.4 Å². The number of unbranched alkanes of at least 4 members (excludes halogenated alkanes) is 9. The lowest BCUT2D eigenvalue weighted by Crippen LogP contribution is -1.98. The SMILES string of the molecule is CCCCCCCCCCCCn1c2cc(N)ccc2c2ccc(Br)cc21. The molecular weight excluding hydrogens is 396 g/mol. The Morgan fingerprint density at radius 1 is 0.741 bits per heavy atom. The first-order chi connectivity index (χ1) is 13.2. The zero-order valence-electron chi connectivity index (χ0n) is 16.6. The van der Waals surface area contributed by atoms with Gasteiger partial charge < -0.3 is 10.3 Å². The van der Waals surface area contributed by atoms with Crippen LogP contribution in [0.5, 0.6) is 0 Å². The molecule has 0 aliphatic carbocycles. The van der Waals surface area contributed by atoms with Gasteiger partial charge in [0.1, 0.15) is 0 Å². The van der Waals surface area contributed by atoms with Crippen molar-refractivity contribution in [3.8, 4) is 0 Å². The van der Waals surface area contributed by atoms with Gasteiger partial charge in [0.25, 0.3) is 0 Å². The smallest absolute Gasteiger partial charge is 0.0512 e. The third-order valence-corrected chi connectivity index (χ3v) is 6.08. The molecule has 0 fully saturated rings. The molecule has 27 heavy (non-hydrogen) atoms. The van der Waals surface area contributed by atoms with Crippen molar-refractivity contribution in [2.45, 2.75) is 77.7 Å². The predicted molar refractivity (Wildman–Crippen MR) is 123 cm³/mol. The van der Waals surface area contributed by atoms with Gasteiger partial charge in [-0.15, -0.1) is 0 Å². The van der Waals surface area contributed by atoms with Crippen molar-refractivity contribution in [2.24, 2.45) is 0 Å². The first-order valence-corrected chi connectivity index (χ1v) is 11.5. The van der Waals surface area contributed by atoms with Crippen LogP contribution in [0.3, 0.4) is 0 Å². The van der Waals surface area contributed by atoms with Crippen LogP contribution in [0.15, 0.2) is 40.9 Å². The first kappa shape index (κ1) is 20.3. The molecule has 0 atom stereocenters. The second-order valence-electron chi connectivity index (χ2n) is 7.77. The van der Waals surface area contributed by atoms with Crippen molar-refractivity contribution in [1.82, 2.24) is 4.57 Å². The molecule has 2 nitrogen and oxygen atoms in total. The van der Waals surface area contributed by atoms with E-state index in [9.17, 15) is 0 Å². The van der Waals surface area contributed by atoms with Crippen LogP contribution < -0.4 is 5.73 Å². The van der Waals surface area contributed by atoms with E-state index in [1.54, 1.807) is 0 Å². The summed E-state index contributed by atoms with van der Waals surface area (Å²) in [7, 11) is 0. The number of hydrogen-bond donors (Lipinski definition) is 1. The fourth-order valence-electron chi connectivity index (χ4n) is 4.08. The molecule has 0 saturated heterocycles. The number of aromatic nitrogens is 1. The second kappa shape index (κ2) is 10.2. The quantitative estimate of drug-likeness (QED) is 0.243. The van der Waals surface area contributed by atoms with Crippen LogP contribution in [0, 0.1) is 0 Å². The van der Waals surface area contributed by atoms with Gasteiger partial charge in [0.2, 0.25) is 0 Å². The summed E-state index contributed by atoms with van der Waals surface area (Å²) in [5.74, 6) is 0.